The number of rotatable bonds is 3. The summed E-state index contributed by atoms with van der Waals surface area (Å²) in [5.41, 5.74) is 2.88. The van der Waals surface area contributed by atoms with Gasteiger partial charge in [0, 0.05) is 5.70 Å². The van der Waals surface area contributed by atoms with Gasteiger partial charge in [0.15, 0.2) is 0 Å². The lowest BCUT2D eigenvalue weighted by Gasteiger charge is -2.18. The minimum atomic E-state index is -1.01. The van der Waals surface area contributed by atoms with Gasteiger partial charge in [-0.15, -0.1) is 0 Å². The highest BCUT2D eigenvalue weighted by molar-refractivity contribution is 5.99. The van der Waals surface area contributed by atoms with Crippen LogP contribution < -0.4 is 0 Å². The lowest BCUT2D eigenvalue weighted by Crippen LogP contribution is -2.23. The average Bonchev–Trinajstić information content (AvgIpc) is 2.57. The minimum absolute atomic E-state index is 0.00696. The second-order valence-electron chi connectivity index (χ2n) is 4.51. The van der Waals surface area contributed by atoms with Crippen molar-refractivity contribution < 1.29 is 14.7 Å². The Labute approximate surface area is 106 Å². The van der Waals surface area contributed by atoms with Gasteiger partial charge in [-0.3, -0.25) is 4.79 Å². The number of benzene rings is 1. The Morgan fingerprint density at radius 2 is 2.11 bits per heavy atom. The van der Waals surface area contributed by atoms with E-state index in [1.807, 2.05) is 31.2 Å². The fraction of sp³-hybridized carbons (Fsp3) is 0.286. The second kappa shape index (κ2) is 4.64. The van der Waals surface area contributed by atoms with E-state index in [9.17, 15) is 9.59 Å². The van der Waals surface area contributed by atoms with E-state index in [1.165, 1.54) is 4.90 Å². The van der Waals surface area contributed by atoms with Gasteiger partial charge < -0.3 is 10.0 Å². The molecule has 1 N–H and O–H groups in total. The van der Waals surface area contributed by atoms with E-state index in [-0.39, 0.29) is 17.9 Å². The van der Waals surface area contributed by atoms with E-state index in [4.69, 9.17) is 5.11 Å². The fourth-order valence-corrected chi connectivity index (χ4v) is 2.15. The van der Waals surface area contributed by atoms with Crippen molar-refractivity contribution in [2.45, 2.75) is 26.8 Å². The second-order valence-corrected chi connectivity index (χ2v) is 4.51. The predicted molar refractivity (Wildman–Crippen MR) is 66.7 cm³/mol. The van der Waals surface area contributed by atoms with E-state index in [0.29, 0.717) is 12.2 Å². The van der Waals surface area contributed by atoms with Crippen LogP contribution in [0.5, 0.6) is 0 Å². The summed E-state index contributed by atoms with van der Waals surface area (Å²) in [6.45, 7) is 4.11. The van der Waals surface area contributed by atoms with Gasteiger partial charge in [0.05, 0.1) is 18.5 Å². The Hall–Kier alpha value is -2.10. The molecule has 0 saturated heterocycles. The van der Waals surface area contributed by atoms with Gasteiger partial charge in [0.2, 0.25) is 5.91 Å². The number of amides is 1. The van der Waals surface area contributed by atoms with Crippen LogP contribution >= 0.6 is 0 Å². The summed E-state index contributed by atoms with van der Waals surface area (Å²) in [6, 6.07) is 7.86. The van der Waals surface area contributed by atoms with Crippen molar-refractivity contribution in [1.29, 1.82) is 0 Å². The molecule has 0 atom stereocenters. The summed E-state index contributed by atoms with van der Waals surface area (Å²) < 4.78 is 0. The largest absolute Gasteiger partial charge is 0.478 e. The number of nitrogens with zero attached hydrogens (tertiary/aromatic N) is 1. The van der Waals surface area contributed by atoms with Crippen LogP contribution in [0.2, 0.25) is 0 Å². The van der Waals surface area contributed by atoms with Gasteiger partial charge in [-0.25, -0.2) is 4.79 Å². The Morgan fingerprint density at radius 3 is 2.67 bits per heavy atom. The molecular weight excluding hydrogens is 230 g/mol. The highest BCUT2D eigenvalue weighted by atomic mass is 16.4. The zero-order valence-corrected chi connectivity index (χ0v) is 10.4. The number of hydrogen-bond donors (Lipinski definition) is 1. The molecule has 1 aromatic rings. The van der Waals surface area contributed by atoms with Crippen molar-refractivity contribution in [1.82, 2.24) is 4.90 Å². The molecule has 0 spiro atoms. The summed E-state index contributed by atoms with van der Waals surface area (Å²) in [5.74, 6) is -1.15. The van der Waals surface area contributed by atoms with E-state index >= 15 is 0 Å². The zero-order valence-electron chi connectivity index (χ0n) is 10.4. The molecule has 4 heteroatoms. The first kappa shape index (κ1) is 12.4. The minimum Gasteiger partial charge on any atom is -0.478 e. The number of carboxylic acids is 1. The molecule has 1 amide bonds. The Balaban J connectivity index is 2.24. The molecule has 1 aliphatic heterocycles. The standard InChI is InChI=1S/C14H15NO3/c1-9-4-3-5-11(6-9)8-15-10(2)12(14(17)18)7-13(15)16/h3-6H,7-8H2,1-2H3,(H,17,18). The molecule has 0 unspecified atom stereocenters. The first-order valence-electron chi connectivity index (χ1n) is 5.78. The van der Waals surface area contributed by atoms with Gasteiger partial charge in [-0.05, 0) is 19.4 Å². The van der Waals surface area contributed by atoms with Crippen LogP contribution in [0.3, 0.4) is 0 Å². The summed E-state index contributed by atoms with van der Waals surface area (Å²) in [7, 11) is 0. The number of carboxylic acid groups (broad SMARTS) is 1. The predicted octanol–water partition coefficient (Wildman–Crippen LogP) is 2.09. The van der Waals surface area contributed by atoms with E-state index < -0.39 is 5.97 Å². The van der Waals surface area contributed by atoms with Gasteiger partial charge >= 0.3 is 5.97 Å². The number of carbonyl (C=O) groups excluding carboxylic acids is 1. The first-order chi connectivity index (χ1) is 8.49. The van der Waals surface area contributed by atoms with E-state index in [0.717, 1.165) is 11.1 Å². The molecule has 4 nitrogen and oxygen atoms in total. The van der Waals surface area contributed by atoms with Gasteiger partial charge in [-0.2, -0.15) is 0 Å². The van der Waals surface area contributed by atoms with Crippen molar-refractivity contribution in [3.8, 4) is 0 Å². The van der Waals surface area contributed by atoms with Crippen molar-refractivity contribution in [3.63, 3.8) is 0 Å². The Morgan fingerprint density at radius 1 is 1.39 bits per heavy atom. The van der Waals surface area contributed by atoms with Crippen LogP contribution in [-0.2, 0) is 16.1 Å². The van der Waals surface area contributed by atoms with Crippen molar-refractivity contribution in [3.05, 3.63) is 46.7 Å². The SMILES string of the molecule is CC1=C(C(=O)O)CC(=O)N1Cc1cccc(C)c1. The molecule has 0 bridgehead atoms. The maximum Gasteiger partial charge on any atom is 0.333 e. The monoisotopic (exact) mass is 245 g/mol. The van der Waals surface area contributed by atoms with Crippen molar-refractivity contribution >= 4 is 11.9 Å². The molecule has 0 aromatic heterocycles. The van der Waals surface area contributed by atoms with E-state index in [1.54, 1.807) is 6.92 Å². The van der Waals surface area contributed by atoms with Crippen LogP contribution in [-0.4, -0.2) is 21.9 Å². The molecule has 18 heavy (non-hydrogen) atoms. The Kier molecular flexibility index (Phi) is 3.19. The summed E-state index contributed by atoms with van der Waals surface area (Å²) >= 11 is 0. The summed E-state index contributed by atoms with van der Waals surface area (Å²) in [5, 5.41) is 8.99. The third kappa shape index (κ3) is 2.27. The van der Waals surface area contributed by atoms with Crippen LogP contribution in [0.15, 0.2) is 35.5 Å². The third-order valence-corrected chi connectivity index (χ3v) is 3.15. The summed E-state index contributed by atoms with van der Waals surface area (Å²) in [4.78, 5) is 24.3. The molecule has 0 radical (unpaired) electrons. The molecule has 1 aromatic carbocycles. The maximum atomic E-state index is 11.8. The van der Waals surface area contributed by atoms with Crippen molar-refractivity contribution in [2.24, 2.45) is 0 Å². The normalized spacial score (nSPS) is 15.4. The lowest BCUT2D eigenvalue weighted by atomic mass is 10.1. The van der Waals surface area contributed by atoms with Crippen LogP contribution in [0, 0.1) is 6.92 Å². The molecule has 2 rings (SSSR count). The van der Waals surface area contributed by atoms with Crippen LogP contribution in [0.1, 0.15) is 24.5 Å². The molecule has 0 fully saturated rings. The number of allylic oxidation sites excluding steroid dienone is 1. The number of aryl methyl sites for hydroxylation is 1. The van der Waals surface area contributed by atoms with Gasteiger partial charge in [-0.1, -0.05) is 29.8 Å². The molecular formula is C14H15NO3. The average molecular weight is 245 g/mol. The Bertz CT molecular complexity index is 546. The molecule has 0 aliphatic carbocycles. The number of hydrogen-bond acceptors (Lipinski definition) is 2. The van der Waals surface area contributed by atoms with E-state index in [2.05, 4.69) is 0 Å². The summed E-state index contributed by atoms with van der Waals surface area (Å²) in [6.07, 6.45) is -0.00696. The molecule has 0 saturated carbocycles. The highest BCUT2D eigenvalue weighted by Gasteiger charge is 2.30. The molecule has 1 heterocycles. The van der Waals surface area contributed by atoms with Crippen molar-refractivity contribution in [2.75, 3.05) is 0 Å². The highest BCUT2D eigenvalue weighted by Crippen LogP contribution is 2.26. The first-order valence-corrected chi connectivity index (χ1v) is 5.78. The number of aliphatic carboxylic acids is 1. The smallest absolute Gasteiger partial charge is 0.333 e. The lowest BCUT2D eigenvalue weighted by molar-refractivity contribution is -0.134. The quantitative estimate of drug-likeness (QED) is 0.887. The number of carbonyl (C=O) groups is 2. The fourth-order valence-electron chi connectivity index (χ4n) is 2.15. The van der Waals surface area contributed by atoms with Gasteiger partial charge in [0.1, 0.15) is 0 Å². The van der Waals surface area contributed by atoms with Crippen LogP contribution in [0.25, 0.3) is 0 Å². The van der Waals surface area contributed by atoms with Gasteiger partial charge in [0.25, 0.3) is 0 Å². The van der Waals surface area contributed by atoms with Crippen LogP contribution in [0.4, 0.5) is 0 Å². The zero-order chi connectivity index (χ0) is 13.3. The third-order valence-electron chi connectivity index (χ3n) is 3.15. The maximum absolute atomic E-state index is 11.8. The molecule has 1 aliphatic rings. The topological polar surface area (TPSA) is 57.6 Å². The molecule has 94 valence electrons.